The van der Waals surface area contributed by atoms with E-state index in [0.29, 0.717) is 11.6 Å². The Morgan fingerprint density at radius 2 is 2.00 bits per heavy atom. The molecule has 1 N–H and O–H groups in total. The van der Waals surface area contributed by atoms with Crippen molar-refractivity contribution in [1.82, 2.24) is 10.2 Å². The van der Waals surface area contributed by atoms with Crippen molar-refractivity contribution in [1.29, 1.82) is 0 Å². The van der Waals surface area contributed by atoms with Crippen LogP contribution in [0.3, 0.4) is 0 Å². The van der Waals surface area contributed by atoms with Crippen LogP contribution in [-0.4, -0.2) is 36.3 Å². The summed E-state index contributed by atoms with van der Waals surface area (Å²) in [6.45, 7) is 0.627. The molecule has 0 aliphatic carbocycles. The van der Waals surface area contributed by atoms with Gasteiger partial charge in [-0.1, -0.05) is 23.7 Å². The lowest BCUT2D eigenvalue weighted by atomic mass is 10.0. The molecule has 0 saturated carbocycles. The first-order valence-electron chi connectivity index (χ1n) is 7.07. The molecular weight excluding hydrogens is 288 g/mol. The second kappa shape index (κ2) is 7.27. The fourth-order valence-electron chi connectivity index (χ4n) is 2.47. The second-order valence-electron chi connectivity index (χ2n) is 5.04. The quantitative estimate of drug-likeness (QED) is 0.872. The molecule has 1 atom stereocenters. The van der Waals surface area contributed by atoms with Crippen LogP contribution in [0.2, 0.25) is 5.02 Å². The van der Waals surface area contributed by atoms with Crippen molar-refractivity contribution < 1.29 is 9.59 Å². The molecule has 2 rings (SSSR count). The lowest BCUT2D eigenvalue weighted by molar-refractivity contribution is -0.138. The van der Waals surface area contributed by atoms with E-state index in [2.05, 4.69) is 5.32 Å². The first-order chi connectivity index (χ1) is 10.1. The maximum absolute atomic E-state index is 12.3. The Kier molecular flexibility index (Phi) is 5.39. The molecule has 4 nitrogen and oxygen atoms in total. The van der Waals surface area contributed by atoms with Gasteiger partial charge in [0.15, 0.2) is 0 Å². The van der Waals surface area contributed by atoms with E-state index in [1.807, 2.05) is 12.1 Å². The van der Waals surface area contributed by atoms with Gasteiger partial charge in [0.05, 0.1) is 0 Å². The molecule has 1 unspecified atom stereocenters. The highest BCUT2D eigenvalue weighted by Crippen LogP contribution is 2.18. The van der Waals surface area contributed by atoms with Crippen LogP contribution in [0, 0.1) is 0 Å². The lowest BCUT2D eigenvalue weighted by Crippen LogP contribution is -2.50. The molecule has 1 heterocycles. The van der Waals surface area contributed by atoms with Crippen molar-refractivity contribution in [2.75, 3.05) is 13.6 Å². The average Bonchev–Trinajstić information content (AvgIpc) is 2.53. The van der Waals surface area contributed by atoms with Crippen LogP contribution in [0.5, 0.6) is 0 Å². The number of rotatable bonds is 3. The van der Waals surface area contributed by atoms with Gasteiger partial charge in [0, 0.05) is 24.7 Å². The average molecular weight is 307 g/mol. The predicted octanol–water partition coefficient (Wildman–Crippen LogP) is 2.48. The third kappa shape index (κ3) is 4.08. The van der Waals surface area contributed by atoms with Crippen molar-refractivity contribution in [3.63, 3.8) is 0 Å². The summed E-state index contributed by atoms with van der Waals surface area (Å²) in [5.74, 6) is -0.221. The molecule has 21 heavy (non-hydrogen) atoms. The highest BCUT2D eigenvalue weighted by atomic mass is 35.5. The lowest BCUT2D eigenvalue weighted by Gasteiger charge is -2.33. The SMILES string of the molecule is CNC(=O)C1CCCCN1C(=O)C=Cc1ccc(Cl)cc1. The molecule has 0 aromatic heterocycles. The van der Waals surface area contributed by atoms with Gasteiger partial charge < -0.3 is 10.2 Å². The third-order valence-corrected chi connectivity index (χ3v) is 3.88. The molecule has 1 saturated heterocycles. The molecule has 0 spiro atoms. The van der Waals surface area contributed by atoms with E-state index < -0.39 is 0 Å². The zero-order chi connectivity index (χ0) is 15.2. The van der Waals surface area contributed by atoms with Gasteiger partial charge >= 0.3 is 0 Å². The molecule has 1 aromatic rings. The molecule has 0 radical (unpaired) electrons. The summed E-state index contributed by atoms with van der Waals surface area (Å²) in [5.41, 5.74) is 0.904. The summed E-state index contributed by atoms with van der Waals surface area (Å²) in [6, 6.07) is 6.89. The predicted molar refractivity (Wildman–Crippen MR) is 83.9 cm³/mol. The summed E-state index contributed by atoms with van der Waals surface area (Å²) >= 11 is 5.82. The van der Waals surface area contributed by atoms with Crippen molar-refractivity contribution >= 4 is 29.5 Å². The zero-order valence-corrected chi connectivity index (χ0v) is 12.8. The highest BCUT2D eigenvalue weighted by molar-refractivity contribution is 6.30. The van der Waals surface area contributed by atoms with Gasteiger partial charge in [-0.25, -0.2) is 0 Å². The Morgan fingerprint density at radius 1 is 1.29 bits per heavy atom. The number of benzene rings is 1. The first kappa shape index (κ1) is 15.6. The van der Waals surface area contributed by atoms with Gasteiger partial charge in [0.25, 0.3) is 0 Å². The van der Waals surface area contributed by atoms with Gasteiger partial charge in [-0.3, -0.25) is 9.59 Å². The number of nitrogens with one attached hydrogen (secondary N) is 1. The van der Waals surface area contributed by atoms with Crippen LogP contribution >= 0.6 is 11.6 Å². The highest BCUT2D eigenvalue weighted by Gasteiger charge is 2.30. The van der Waals surface area contributed by atoms with Gasteiger partial charge in [-0.15, -0.1) is 0 Å². The fraction of sp³-hybridized carbons (Fsp3) is 0.375. The zero-order valence-electron chi connectivity index (χ0n) is 12.0. The minimum absolute atomic E-state index is 0.0945. The Hall–Kier alpha value is -1.81. The Morgan fingerprint density at radius 3 is 2.67 bits per heavy atom. The van der Waals surface area contributed by atoms with Gasteiger partial charge in [0.1, 0.15) is 6.04 Å². The van der Waals surface area contributed by atoms with Crippen LogP contribution in [0.1, 0.15) is 24.8 Å². The van der Waals surface area contributed by atoms with Crippen molar-refractivity contribution in [2.24, 2.45) is 0 Å². The number of piperidine rings is 1. The Balaban J connectivity index is 2.06. The van der Waals surface area contributed by atoms with Gasteiger partial charge in [0.2, 0.25) is 11.8 Å². The van der Waals surface area contributed by atoms with Crippen molar-refractivity contribution in [2.45, 2.75) is 25.3 Å². The van der Waals surface area contributed by atoms with E-state index in [9.17, 15) is 9.59 Å². The molecule has 1 aliphatic heterocycles. The molecule has 1 aliphatic rings. The number of carbonyl (C=O) groups excluding carboxylic acids is 2. The van der Waals surface area contributed by atoms with Crippen LogP contribution < -0.4 is 5.32 Å². The summed E-state index contributed by atoms with van der Waals surface area (Å²) in [7, 11) is 1.60. The largest absolute Gasteiger partial charge is 0.357 e. The number of likely N-dealkylation sites (tertiary alicyclic amines) is 1. The van der Waals surface area contributed by atoms with E-state index in [-0.39, 0.29) is 17.9 Å². The maximum atomic E-state index is 12.3. The van der Waals surface area contributed by atoms with Crippen LogP contribution in [-0.2, 0) is 9.59 Å². The van der Waals surface area contributed by atoms with Gasteiger partial charge in [-0.2, -0.15) is 0 Å². The summed E-state index contributed by atoms with van der Waals surface area (Å²) in [4.78, 5) is 25.8. The number of carbonyl (C=O) groups is 2. The number of hydrogen-bond donors (Lipinski definition) is 1. The molecule has 1 fully saturated rings. The molecule has 5 heteroatoms. The number of nitrogens with zero attached hydrogens (tertiary/aromatic N) is 1. The standard InChI is InChI=1S/C16H19ClN2O2/c1-18-16(21)14-4-2-3-11-19(14)15(20)10-7-12-5-8-13(17)9-6-12/h5-10,14H,2-4,11H2,1H3,(H,18,21). The van der Waals surface area contributed by atoms with E-state index in [1.54, 1.807) is 30.2 Å². The van der Waals surface area contributed by atoms with Crippen LogP contribution in [0.15, 0.2) is 30.3 Å². The van der Waals surface area contributed by atoms with Crippen molar-refractivity contribution in [3.05, 3.63) is 40.9 Å². The molecule has 1 aromatic carbocycles. The summed E-state index contributed by atoms with van der Waals surface area (Å²) in [5, 5.41) is 3.29. The molecule has 112 valence electrons. The summed E-state index contributed by atoms with van der Waals surface area (Å²) < 4.78 is 0. The smallest absolute Gasteiger partial charge is 0.247 e. The van der Waals surface area contributed by atoms with E-state index in [1.165, 1.54) is 6.08 Å². The van der Waals surface area contributed by atoms with E-state index >= 15 is 0 Å². The van der Waals surface area contributed by atoms with Crippen LogP contribution in [0.4, 0.5) is 0 Å². The maximum Gasteiger partial charge on any atom is 0.247 e. The second-order valence-corrected chi connectivity index (χ2v) is 5.48. The number of amides is 2. The van der Waals surface area contributed by atoms with Gasteiger partial charge in [-0.05, 0) is 43.0 Å². The topological polar surface area (TPSA) is 49.4 Å². The normalized spacial score (nSPS) is 18.8. The van der Waals surface area contributed by atoms with Crippen molar-refractivity contribution in [3.8, 4) is 0 Å². The monoisotopic (exact) mass is 306 g/mol. The van der Waals surface area contributed by atoms with E-state index in [0.717, 1.165) is 24.8 Å². The Labute approximate surface area is 129 Å². The minimum Gasteiger partial charge on any atom is -0.357 e. The number of likely N-dealkylation sites (N-methyl/N-ethyl adjacent to an activating group) is 1. The minimum atomic E-state index is -0.355. The molecule has 2 amide bonds. The summed E-state index contributed by atoms with van der Waals surface area (Å²) in [6.07, 6.45) is 5.90. The van der Waals surface area contributed by atoms with Crippen LogP contribution in [0.25, 0.3) is 6.08 Å². The fourth-order valence-corrected chi connectivity index (χ4v) is 2.60. The third-order valence-electron chi connectivity index (χ3n) is 3.62. The Bertz CT molecular complexity index is 540. The molecule has 0 bridgehead atoms. The number of halogens is 1. The first-order valence-corrected chi connectivity index (χ1v) is 7.45. The van der Waals surface area contributed by atoms with E-state index in [4.69, 9.17) is 11.6 Å². The number of hydrogen-bond acceptors (Lipinski definition) is 2. The molecular formula is C16H19ClN2O2.